The number of rotatable bonds is 3. The number of benzene rings is 1. The highest BCUT2D eigenvalue weighted by Crippen LogP contribution is 2.45. The molecule has 1 aromatic carbocycles. The quantitative estimate of drug-likeness (QED) is 0.246. The van der Waals surface area contributed by atoms with Gasteiger partial charge in [0.05, 0.1) is 60.2 Å². The Morgan fingerprint density at radius 2 is 1.33 bits per heavy atom. The third-order valence-corrected chi connectivity index (χ3v) is 10.9. The minimum absolute atomic E-state index is 0.00802. The molecule has 1 aliphatic carbocycles. The third kappa shape index (κ3) is 7.96. The topological polar surface area (TPSA) is 217 Å². The molecule has 2 aliphatic heterocycles. The van der Waals surface area contributed by atoms with Gasteiger partial charge in [-0.25, -0.2) is 0 Å². The molecule has 9 atom stereocenters. The van der Waals surface area contributed by atoms with Crippen LogP contribution in [0.3, 0.4) is 0 Å². The van der Waals surface area contributed by atoms with Crippen molar-refractivity contribution in [3.63, 3.8) is 0 Å². The average molecular weight is 744 g/mol. The number of amides is 1. The van der Waals surface area contributed by atoms with Crippen LogP contribution in [0.25, 0.3) is 0 Å². The largest absolute Gasteiger partial charge is 0.507 e. The number of phenols is 1. The summed E-state index contributed by atoms with van der Waals surface area (Å²) in [6, 6.07) is 0. The number of nitrogens with one attached hydrogen (secondary N) is 1. The highest BCUT2D eigenvalue weighted by molar-refractivity contribution is 8.03. The van der Waals surface area contributed by atoms with E-state index in [4.69, 9.17) is 9.47 Å². The molecule has 1 aromatic rings. The number of aliphatic hydroxyl groups excluding tert-OH is 4. The van der Waals surface area contributed by atoms with E-state index in [1.807, 2.05) is 0 Å². The Morgan fingerprint density at radius 1 is 0.769 bits per heavy atom. The maximum Gasteiger partial charge on any atom is 0.313 e. The van der Waals surface area contributed by atoms with E-state index in [0.717, 1.165) is 18.9 Å². The van der Waals surface area contributed by atoms with Gasteiger partial charge in [0.25, 0.3) is 5.91 Å². The van der Waals surface area contributed by atoms with Crippen LogP contribution in [0.4, 0.5) is 0 Å². The zero-order chi connectivity index (χ0) is 39.5. The van der Waals surface area contributed by atoms with Crippen molar-refractivity contribution in [1.29, 1.82) is 0 Å². The van der Waals surface area contributed by atoms with Crippen molar-refractivity contribution in [2.75, 3.05) is 20.5 Å². The molecule has 0 unspecified atom stereocenters. The van der Waals surface area contributed by atoms with Crippen LogP contribution in [-0.2, 0) is 14.3 Å². The molecule has 0 saturated heterocycles. The number of carbonyl (C=O) groups is 5. The van der Waals surface area contributed by atoms with Crippen LogP contribution in [0.5, 0.6) is 11.5 Å². The molecule has 52 heavy (non-hydrogen) atoms. The van der Waals surface area contributed by atoms with Gasteiger partial charge in [-0.1, -0.05) is 52.0 Å². The van der Waals surface area contributed by atoms with Crippen LogP contribution in [0, 0.1) is 36.5 Å². The molecule has 0 spiro atoms. The van der Waals surface area contributed by atoms with Crippen molar-refractivity contribution in [1.82, 2.24) is 5.32 Å². The lowest BCUT2D eigenvalue weighted by Crippen LogP contribution is -2.50. The van der Waals surface area contributed by atoms with Crippen LogP contribution >= 0.6 is 11.8 Å². The second-order valence-corrected chi connectivity index (χ2v) is 14.3. The van der Waals surface area contributed by atoms with Crippen molar-refractivity contribution in [3.8, 4) is 11.5 Å². The lowest BCUT2D eigenvalue weighted by Gasteiger charge is -2.37. The van der Waals surface area contributed by atoms with Gasteiger partial charge in [0.15, 0.2) is 5.78 Å². The first-order valence-electron chi connectivity index (χ1n) is 16.8. The molecular weight excluding hydrogens is 694 g/mol. The van der Waals surface area contributed by atoms with Crippen LogP contribution in [0.2, 0.25) is 0 Å². The smallest absolute Gasteiger partial charge is 0.313 e. The maximum absolute atomic E-state index is 14.2. The monoisotopic (exact) mass is 743 g/mol. The average Bonchev–Trinajstić information content (AvgIpc) is 3.11. The summed E-state index contributed by atoms with van der Waals surface area (Å²) in [5.41, 5.74) is -1.48. The number of fused-ring (bicyclic) bond motifs is 15. The highest BCUT2D eigenvalue weighted by Gasteiger charge is 2.45. The van der Waals surface area contributed by atoms with Gasteiger partial charge in [-0.2, -0.15) is 0 Å². The van der Waals surface area contributed by atoms with E-state index in [2.05, 4.69) is 5.32 Å². The first kappa shape index (κ1) is 42.3. The molecule has 284 valence electrons. The molecule has 6 N–H and O–H groups in total. The van der Waals surface area contributed by atoms with Gasteiger partial charge in [-0.15, -0.1) is 11.8 Å². The van der Waals surface area contributed by atoms with E-state index in [0.29, 0.717) is 0 Å². The van der Waals surface area contributed by atoms with Crippen LogP contribution in [0.1, 0.15) is 78.2 Å². The summed E-state index contributed by atoms with van der Waals surface area (Å²) in [6.45, 7) is 10.4. The number of ketones is 3. The Labute approximate surface area is 307 Å². The van der Waals surface area contributed by atoms with Gasteiger partial charge in [0.2, 0.25) is 11.6 Å². The van der Waals surface area contributed by atoms with E-state index < -0.39 is 100 Å². The minimum atomic E-state index is -1.67. The van der Waals surface area contributed by atoms with Crippen LogP contribution < -0.4 is 10.1 Å². The van der Waals surface area contributed by atoms with Crippen LogP contribution in [0.15, 0.2) is 46.1 Å². The van der Waals surface area contributed by atoms with Crippen molar-refractivity contribution in [2.45, 2.75) is 72.9 Å². The number of aliphatic hydroxyl groups is 4. The Hall–Kier alpha value is -4.08. The van der Waals surface area contributed by atoms with Gasteiger partial charge in [-0.05, 0) is 32.6 Å². The van der Waals surface area contributed by atoms with E-state index in [1.54, 1.807) is 19.9 Å². The molecule has 4 rings (SSSR count). The second-order valence-electron chi connectivity index (χ2n) is 13.5. The number of hydrogen-bond acceptors (Lipinski definition) is 13. The summed E-state index contributed by atoms with van der Waals surface area (Å²) in [7, 11) is 2.32. The molecule has 0 saturated carbocycles. The normalized spacial score (nSPS) is 32.4. The summed E-state index contributed by atoms with van der Waals surface area (Å²) in [4.78, 5) is 68.5. The number of phenolic OH excluding ortho intramolecular Hbond substituents is 1. The SMILES string of the molecule is COC(=O)[C@H]1[C@H](O)[C@@H](C)[C@@H](O)[C@H](C)/C=C(/C)C(=O)c2c(OC)c(C)c(O)c3c2C(=O)C(SC)=C(NC(=O)/C(C)=C\C=C\[C@@H](C)[C@@H](O)[C@@H](C)[C@@H]1O)C3=O. The molecule has 3 aliphatic rings. The van der Waals surface area contributed by atoms with Crippen LogP contribution in [-0.4, -0.2) is 99.7 Å². The maximum atomic E-state index is 14.2. The summed E-state index contributed by atoms with van der Waals surface area (Å²) < 4.78 is 10.4. The molecule has 0 aromatic heterocycles. The first-order chi connectivity index (χ1) is 24.3. The molecule has 13 nitrogen and oxygen atoms in total. The third-order valence-electron chi connectivity index (χ3n) is 10.1. The summed E-state index contributed by atoms with van der Waals surface area (Å²) in [6.07, 6.45) is 1.41. The summed E-state index contributed by atoms with van der Waals surface area (Å²) in [5.74, 6) is -10.1. The summed E-state index contributed by atoms with van der Waals surface area (Å²) >= 11 is 0.868. The Bertz CT molecular complexity index is 1760. The molecule has 0 fully saturated rings. The fourth-order valence-corrected chi connectivity index (χ4v) is 7.33. The van der Waals surface area contributed by atoms with Crippen molar-refractivity contribution in [3.05, 3.63) is 68.3 Å². The molecular formula is C38H49NO12S. The highest BCUT2D eigenvalue weighted by atomic mass is 32.2. The second kappa shape index (κ2) is 17.2. The van der Waals surface area contributed by atoms with E-state index in [9.17, 15) is 49.5 Å². The zero-order valence-corrected chi connectivity index (χ0v) is 31.8. The van der Waals surface area contributed by atoms with Crippen molar-refractivity contribution in [2.24, 2.45) is 29.6 Å². The van der Waals surface area contributed by atoms with Gasteiger partial charge >= 0.3 is 5.97 Å². The van der Waals surface area contributed by atoms with E-state index >= 15 is 0 Å². The molecule has 14 heteroatoms. The number of Topliss-reactive ketones (excluding diaryl/α,β-unsaturated/α-hetero) is 3. The molecule has 0 radical (unpaired) electrons. The standard InChI is InChI=1S/C38H49NO12S/c1-15-12-11-13-16(2)37(48)39-26-33(46)23-22(34(47)36(26)52-10)24(35(50-8)21(7)32(23)45)29(42)18(4)14-17(3)28(41)20(6)31(44)25(38(49)51-9)30(43)19(5)27(15)40/h11-15,17,19-20,25,27-28,30-31,40-41,43-45H,1-10H3,(H,39,48)/b12-11+,16-13-,18-14-/t15-,17-,19-,20+,25-,27-,28+,30+,31-/m1/s1. The lowest BCUT2D eigenvalue weighted by molar-refractivity contribution is -0.164. The Balaban J connectivity index is 2.34. The van der Waals surface area contributed by atoms with Crippen molar-refractivity contribution >= 4 is 41.0 Å². The predicted octanol–water partition coefficient (Wildman–Crippen LogP) is 3.20. The molecule has 2 heterocycles. The number of aromatic hydroxyl groups is 1. The fourth-order valence-electron chi connectivity index (χ4n) is 6.70. The number of carbonyl (C=O) groups excluding carboxylic acids is 5. The zero-order valence-electron chi connectivity index (χ0n) is 31.0. The number of hydrogen-bond donors (Lipinski definition) is 6. The van der Waals surface area contributed by atoms with Crippen molar-refractivity contribution < 1.29 is 59.0 Å². The van der Waals surface area contributed by atoms with Gasteiger partial charge in [-0.3, -0.25) is 24.0 Å². The number of thioether (sulfide) groups is 1. The van der Waals surface area contributed by atoms with Gasteiger partial charge in [0, 0.05) is 34.8 Å². The minimum Gasteiger partial charge on any atom is -0.507 e. The fraction of sp³-hybridized carbons (Fsp3) is 0.500. The van der Waals surface area contributed by atoms with E-state index in [1.165, 1.54) is 66.2 Å². The van der Waals surface area contributed by atoms with Gasteiger partial charge < -0.3 is 40.3 Å². The number of ether oxygens (including phenoxy) is 2. The summed E-state index contributed by atoms with van der Waals surface area (Å²) in [5, 5.41) is 59.0. The molecule has 1 amide bonds. The first-order valence-corrected chi connectivity index (χ1v) is 18.0. The lowest BCUT2D eigenvalue weighted by atomic mass is 9.76. The number of methoxy groups -OCH3 is 2. The number of esters is 1. The Kier molecular flexibility index (Phi) is 14.0. The molecule has 4 bridgehead atoms. The van der Waals surface area contributed by atoms with Gasteiger partial charge in [0.1, 0.15) is 23.1 Å². The van der Waals surface area contributed by atoms with E-state index in [-0.39, 0.29) is 38.6 Å². The predicted molar refractivity (Wildman–Crippen MR) is 194 cm³/mol. The Morgan fingerprint density at radius 3 is 1.85 bits per heavy atom. The number of allylic oxidation sites excluding steroid dienone is 5.